The summed E-state index contributed by atoms with van der Waals surface area (Å²) in [5.41, 5.74) is 2.27. The van der Waals surface area contributed by atoms with E-state index in [1.807, 2.05) is 37.3 Å². The van der Waals surface area contributed by atoms with Gasteiger partial charge in [-0.15, -0.1) is 0 Å². The van der Waals surface area contributed by atoms with Gasteiger partial charge in [0.1, 0.15) is 10.7 Å². The summed E-state index contributed by atoms with van der Waals surface area (Å²) < 4.78 is 1.69. The number of aromatic nitrogens is 2. The van der Waals surface area contributed by atoms with E-state index in [0.717, 1.165) is 5.56 Å². The highest BCUT2D eigenvalue weighted by molar-refractivity contribution is 6.31. The number of hydrogen-bond acceptors (Lipinski definition) is 4. The van der Waals surface area contributed by atoms with E-state index in [0.29, 0.717) is 34.2 Å². The topological polar surface area (TPSA) is 105 Å². The van der Waals surface area contributed by atoms with Crippen molar-refractivity contribution in [1.82, 2.24) is 20.4 Å². The monoisotopic (exact) mass is 463 g/mol. The van der Waals surface area contributed by atoms with Crippen LogP contribution < -0.4 is 16.0 Å². The van der Waals surface area contributed by atoms with Crippen LogP contribution >= 0.6 is 11.6 Å². The van der Waals surface area contributed by atoms with Crippen molar-refractivity contribution in [1.29, 1.82) is 0 Å². The molecule has 0 saturated carbocycles. The Kier molecular flexibility index (Phi) is 6.02. The fourth-order valence-electron chi connectivity index (χ4n) is 3.61. The molecule has 0 radical (unpaired) electrons. The van der Waals surface area contributed by atoms with Crippen LogP contribution in [0.4, 0.5) is 10.5 Å². The van der Waals surface area contributed by atoms with Gasteiger partial charge >= 0.3 is 6.03 Å². The van der Waals surface area contributed by atoms with Crippen molar-refractivity contribution in [3.8, 4) is 0 Å². The molecule has 4 amide bonds. The predicted molar refractivity (Wildman–Crippen MR) is 126 cm³/mol. The van der Waals surface area contributed by atoms with Crippen LogP contribution in [-0.2, 0) is 21.7 Å². The number of nitrogens with zero attached hydrogens (tertiary/aromatic N) is 2. The van der Waals surface area contributed by atoms with Crippen LogP contribution in [0.25, 0.3) is 6.08 Å². The first kappa shape index (κ1) is 22.3. The largest absolute Gasteiger partial charge is 0.323 e. The van der Waals surface area contributed by atoms with E-state index in [9.17, 15) is 14.4 Å². The third kappa shape index (κ3) is 4.65. The minimum absolute atomic E-state index is 0.372. The number of nitrogens with one attached hydrogen (secondary N) is 3. The maximum atomic E-state index is 12.5. The van der Waals surface area contributed by atoms with Gasteiger partial charge in [0.25, 0.3) is 5.91 Å². The summed E-state index contributed by atoms with van der Waals surface area (Å²) in [7, 11) is 0. The molecule has 2 aromatic carbocycles. The van der Waals surface area contributed by atoms with Crippen molar-refractivity contribution in [2.24, 2.45) is 0 Å². The Hall–Kier alpha value is -3.91. The third-order valence-electron chi connectivity index (χ3n) is 5.44. The lowest BCUT2D eigenvalue weighted by Crippen LogP contribution is -2.40. The van der Waals surface area contributed by atoms with Gasteiger partial charge in [-0.2, -0.15) is 5.10 Å². The van der Waals surface area contributed by atoms with Crippen molar-refractivity contribution in [2.75, 3.05) is 5.32 Å². The number of halogens is 1. The smallest absolute Gasteiger partial charge is 0.322 e. The number of urea groups is 1. The van der Waals surface area contributed by atoms with Gasteiger partial charge in [0.2, 0.25) is 5.91 Å². The van der Waals surface area contributed by atoms with Crippen molar-refractivity contribution in [3.05, 3.63) is 88.2 Å². The van der Waals surface area contributed by atoms with Crippen LogP contribution in [0.2, 0.25) is 5.15 Å². The zero-order chi connectivity index (χ0) is 23.6. The minimum Gasteiger partial charge on any atom is -0.323 e. The summed E-state index contributed by atoms with van der Waals surface area (Å²) in [5.74, 6) is -0.822. The van der Waals surface area contributed by atoms with Crippen molar-refractivity contribution in [3.63, 3.8) is 0 Å². The van der Waals surface area contributed by atoms with Gasteiger partial charge in [0, 0.05) is 17.3 Å². The highest BCUT2D eigenvalue weighted by Crippen LogP contribution is 2.27. The van der Waals surface area contributed by atoms with E-state index >= 15 is 0 Å². The van der Waals surface area contributed by atoms with E-state index in [1.54, 1.807) is 41.9 Å². The van der Waals surface area contributed by atoms with E-state index < -0.39 is 17.5 Å². The van der Waals surface area contributed by atoms with Gasteiger partial charge in [-0.25, -0.2) is 9.48 Å². The molecule has 168 valence electrons. The first-order valence-corrected chi connectivity index (χ1v) is 10.6. The number of carbonyl (C=O) groups excluding carboxylic acids is 3. The van der Waals surface area contributed by atoms with Crippen LogP contribution in [0.5, 0.6) is 0 Å². The maximum Gasteiger partial charge on any atom is 0.322 e. The number of anilines is 1. The molecule has 0 bridgehead atoms. The Morgan fingerprint density at radius 3 is 2.64 bits per heavy atom. The van der Waals surface area contributed by atoms with Gasteiger partial charge in [-0.3, -0.25) is 14.9 Å². The van der Waals surface area contributed by atoms with Crippen LogP contribution in [-0.4, -0.2) is 27.6 Å². The van der Waals surface area contributed by atoms with Gasteiger partial charge < -0.3 is 10.6 Å². The Morgan fingerprint density at radius 1 is 1.18 bits per heavy atom. The molecule has 1 aromatic heterocycles. The second-order valence-corrected chi connectivity index (χ2v) is 8.23. The van der Waals surface area contributed by atoms with Crippen LogP contribution in [0.15, 0.2) is 60.7 Å². The average Bonchev–Trinajstić information content (AvgIpc) is 3.21. The molecule has 1 aliphatic heterocycles. The first-order valence-electron chi connectivity index (χ1n) is 10.3. The van der Waals surface area contributed by atoms with E-state index in [-0.39, 0.29) is 5.91 Å². The number of aryl methyl sites for hydroxylation is 1. The fraction of sp³-hybridized carbons (Fsp3) is 0.167. The number of benzene rings is 2. The average molecular weight is 464 g/mol. The first-order chi connectivity index (χ1) is 15.8. The van der Waals surface area contributed by atoms with Crippen molar-refractivity contribution >= 4 is 41.2 Å². The molecule has 0 aliphatic carbocycles. The molecule has 8 nitrogen and oxygen atoms in total. The second-order valence-electron chi connectivity index (χ2n) is 7.87. The molecule has 1 unspecified atom stereocenters. The van der Waals surface area contributed by atoms with E-state index in [4.69, 9.17) is 11.6 Å². The summed E-state index contributed by atoms with van der Waals surface area (Å²) in [6, 6.07) is 16.0. The highest BCUT2D eigenvalue weighted by Gasteiger charge is 2.43. The zero-order valence-corrected chi connectivity index (χ0v) is 18.8. The van der Waals surface area contributed by atoms with Gasteiger partial charge in [-0.1, -0.05) is 54.1 Å². The number of hydrogen-bond donors (Lipinski definition) is 3. The Labute approximate surface area is 195 Å². The highest BCUT2D eigenvalue weighted by atomic mass is 35.5. The zero-order valence-electron chi connectivity index (χ0n) is 18.1. The number of amides is 4. The molecule has 3 N–H and O–H groups in total. The summed E-state index contributed by atoms with van der Waals surface area (Å²) in [5, 5.41) is 12.5. The molecule has 33 heavy (non-hydrogen) atoms. The summed E-state index contributed by atoms with van der Waals surface area (Å²) >= 11 is 6.50. The van der Waals surface area contributed by atoms with Crippen LogP contribution in [0.1, 0.15) is 29.3 Å². The predicted octanol–water partition coefficient (Wildman–Crippen LogP) is 3.60. The minimum atomic E-state index is -1.20. The molecule has 1 saturated heterocycles. The second kappa shape index (κ2) is 8.91. The summed E-state index contributed by atoms with van der Waals surface area (Å²) in [6.45, 7) is 3.96. The number of rotatable bonds is 6. The number of imide groups is 1. The van der Waals surface area contributed by atoms with Gasteiger partial charge in [0.15, 0.2) is 0 Å². The molecular weight excluding hydrogens is 442 g/mol. The molecule has 1 atom stereocenters. The molecule has 9 heteroatoms. The van der Waals surface area contributed by atoms with Crippen molar-refractivity contribution < 1.29 is 14.4 Å². The quantitative estimate of drug-likeness (QED) is 0.383. The molecule has 2 heterocycles. The molecule has 0 spiro atoms. The van der Waals surface area contributed by atoms with Crippen molar-refractivity contribution in [2.45, 2.75) is 25.9 Å². The summed E-state index contributed by atoms with van der Waals surface area (Å²) in [6.07, 6.45) is 3.00. The molecule has 3 aromatic rings. The summed E-state index contributed by atoms with van der Waals surface area (Å²) in [4.78, 5) is 36.2. The van der Waals surface area contributed by atoms with Crippen LogP contribution in [0.3, 0.4) is 0 Å². The normalized spacial score (nSPS) is 17.8. The third-order valence-corrected chi connectivity index (χ3v) is 5.84. The Morgan fingerprint density at radius 2 is 1.94 bits per heavy atom. The lowest BCUT2D eigenvalue weighted by Gasteiger charge is -2.21. The molecule has 4 rings (SSSR count). The Balaban J connectivity index is 1.47. The van der Waals surface area contributed by atoms with Gasteiger partial charge in [-0.05, 0) is 43.2 Å². The molecule has 1 fully saturated rings. The Bertz CT molecular complexity index is 1270. The lowest BCUT2D eigenvalue weighted by atomic mass is 9.92. The SMILES string of the molecule is Cc1nn(Cc2ccccc2)c(Cl)c1C=CC(=O)Nc1cccc(C2(C)NC(=O)NC2=O)c1. The number of carbonyl (C=O) groups is 3. The molecular formula is C24H22ClN5O3. The van der Waals surface area contributed by atoms with E-state index in [2.05, 4.69) is 21.0 Å². The molecule has 1 aliphatic rings. The maximum absolute atomic E-state index is 12.5. The lowest BCUT2D eigenvalue weighted by molar-refractivity contribution is -0.123. The van der Waals surface area contributed by atoms with E-state index in [1.165, 1.54) is 6.08 Å². The standard InChI is InChI=1S/C24H22ClN5O3/c1-15-19(21(25)30(29-15)14-16-7-4-3-5-8-16)11-12-20(31)26-18-10-6-9-17(13-18)24(2)22(32)27-23(33)28-24/h3-13H,14H2,1-2H3,(H,26,31)(H2,27,28,32,33). The van der Waals surface area contributed by atoms with Crippen LogP contribution in [0, 0.1) is 6.92 Å². The fourth-order valence-corrected chi connectivity index (χ4v) is 3.91. The van der Waals surface area contributed by atoms with Gasteiger partial charge in [0.05, 0.1) is 12.2 Å².